The van der Waals surface area contributed by atoms with Crippen LogP contribution in [-0.4, -0.2) is 24.1 Å². The summed E-state index contributed by atoms with van der Waals surface area (Å²) in [6, 6.07) is 4.81. The first-order chi connectivity index (χ1) is 8.60. The van der Waals surface area contributed by atoms with Crippen molar-refractivity contribution in [3.63, 3.8) is 0 Å². The van der Waals surface area contributed by atoms with Crippen LogP contribution >= 0.6 is 0 Å². The Balaban J connectivity index is 2.93. The number of non-ortho nitro benzene ring substituents is 1. The van der Waals surface area contributed by atoms with E-state index in [2.05, 4.69) is 4.98 Å². The molecule has 18 heavy (non-hydrogen) atoms. The van der Waals surface area contributed by atoms with Crippen molar-refractivity contribution in [1.29, 1.82) is 0 Å². The average molecular weight is 248 g/mol. The molecule has 0 atom stereocenters. The number of hydrogen-bond donors (Lipinski definition) is 0. The molecule has 2 rings (SSSR count). The average Bonchev–Trinajstić information content (AvgIpc) is 2.37. The number of nitro groups is 1. The number of aryl methyl sites for hydroxylation is 1. The van der Waals surface area contributed by atoms with E-state index in [1.807, 2.05) is 0 Å². The van der Waals surface area contributed by atoms with E-state index in [-0.39, 0.29) is 5.69 Å². The highest BCUT2D eigenvalue weighted by Crippen LogP contribution is 2.38. The van der Waals surface area contributed by atoms with Crippen LogP contribution < -0.4 is 9.47 Å². The number of nitrogens with zero attached hydrogens (tertiary/aromatic N) is 2. The quantitative estimate of drug-likeness (QED) is 0.616. The van der Waals surface area contributed by atoms with Gasteiger partial charge in [0.15, 0.2) is 5.75 Å². The number of fused-ring (bicyclic) bond motifs is 1. The van der Waals surface area contributed by atoms with Gasteiger partial charge in [-0.3, -0.25) is 10.1 Å². The fourth-order valence-corrected chi connectivity index (χ4v) is 1.97. The molecule has 0 fully saturated rings. The molecule has 0 spiro atoms. The van der Waals surface area contributed by atoms with Crippen molar-refractivity contribution >= 4 is 16.5 Å². The van der Waals surface area contributed by atoms with Crippen LogP contribution in [0, 0.1) is 17.0 Å². The maximum Gasteiger partial charge on any atom is 0.279 e. The molecule has 0 aliphatic rings. The van der Waals surface area contributed by atoms with E-state index in [9.17, 15) is 10.1 Å². The second kappa shape index (κ2) is 4.48. The molecule has 0 bridgehead atoms. The van der Waals surface area contributed by atoms with Crippen LogP contribution in [0.25, 0.3) is 10.8 Å². The highest BCUT2D eigenvalue weighted by molar-refractivity contribution is 5.97. The summed E-state index contributed by atoms with van der Waals surface area (Å²) < 4.78 is 10.3. The van der Waals surface area contributed by atoms with Crippen molar-refractivity contribution in [3.05, 3.63) is 34.0 Å². The van der Waals surface area contributed by atoms with Crippen molar-refractivity contribution in [2.75, 3.05) is 14.2 Å². The van der Waals surface area contributed by atoms with E-state index in [0.717, 1.165) is 0 Å². The molecule has 0 radical (unpaired) electrons. The number of methoxy groups -OCH3 is 2. The summed E-state index contributed by atoms with van der Waals surface area (Å²) in [7, 11) is 2.96. The van der Waals surface area contributed by atoms with Crippen LogP contribution in [0.4, 0.5) is 5.69 Å². The zero-order valence-corrected chi connectivity index (χ0v) is 10.3. The molecule has 2 aromatic rings. The van der Waals surface area contributed by atoms with E-state index >= 15 is 0 Å². The monoisotopic (exact) mass is 248 g/mol. The van der Waals surface area contributed by atoms with Gasteiger partial charge in [-0.05, 0) is 13.0 Å². The lowest BCUT2D eigenvalue weighted by Gasteiger charge is -2.11. The van der Waals surface area contributed by atoms with E-state index in [0.29, 0.717) is 28.1 Å². The van der Waals surface area contributed by atoms with Crippen molar-refractivity contribution in [2.45, 2.75) is 6.92 Å². The topological polar surface area (TPSA) is 74.5 Å². The number of pyridine rings is 1. The zero-order valence-electron chi connectivity index (χ0n) is 10.3. The Hall–Kier alpha value is -2.37. The van der Waals surface area contributed by atoms with Crippen LogP contribution in [0.3, 0.4) is 0 Å². The lowest BCUT2D eigenvalue weighted by molar-refractivity contribution is -0.383. The Morgan fingerprint density at radius 1 is 1.28 bits per heavy atom. The van der Waals surface area contributed by atoms with Crippen molar-refractivity contribution in [2.24, 2.45) is 0 Å². The lowest BCUT2D eigenvalue weighted by atomic mass is 10.1. The molecule has 0 saturated heterocycles. The van der Waals surface area contributed by atoms with Gasteiger partial charge in [-0.2, -0.15) is 0 Å². The first-order valence-electron chi connectivity index (χ1n) is 5.25. The third-order valence-corrected chi connectivity index (χ3v) is 2.71. The zero-order chi connectivity index (χ0) is 13.3. The molecule has 6 nitrogen and oxygen atoms in total. The summed E-state index contributed by atoms with van der Waals surface area (Å²) >= 11 is 0. The van der Waals surface area contributed by atoms with Crippen LogP contribution in [0.1, 0.15) is 5.69 Å². The molecule has 0 N–H and O–H groups in total. The van der Waals surface area contributed by atoms with E-state index in [4.69, 9.17) is 9.47 Å². The van der Waals surface area contributed by atoms with Crippen molar-refractivity contribution < 1.29 is 14.4 Å². The molecular formula is C12H12N2O4. The van der Waals surface area contributed by atoms with Gasteiger partial charge in [-0.25, -0.2) is 4.98 Å². The largest absolute Gasteiger partial charge is 0.491 e. The molecule has 0 unspecified atom stereocenters. The third kappa shape index (κ3) is 1.71. The molecule has 94 valence electrons. The van der Waals surface area contributed by atoms with Gasteiger partial charge in [0, 0.05) is 11.5 Å². The second-order valence-corrected chi connectivity index (χ2v) is 3.70. The second-order valence-electron chi connectivity index (χ2n) is 3.70. The molecule has 1 aromatic carbocycles. The molecule has 0 amide bonds. The molecule has 0 aliphatic heterocycles. The van der Waals surface area contributed by atoms with Crippen LogP contribution in [0.15, 0.2) is 18.2 Å². The van der Waals surface area contributed by atoms with Gasteiger partial charge in [-0.1, -0.05) is 6.07 Å². The maximum atomic E-state index is 11.0. The number of rotatable bonds is 3. The molecule has 1 aromatic heterocycles. The van der Waals surface area contributed by atoms with E-state index in [1.165, 1.54) is 20.3 Å². The first kappa shape index (κ1) is 12.1. The summed E-state index contributed by atoms with van der Waals surface area (Å²) in [4.78, 5) is 14.8. The predicted octanol–water partition coefficient (Wildman–Crippen LogP) is 2.47. The smallest absolute Gasteiger partial charge is 0.279 e. The minimum atomic E-state index is -0.428. The van der Waals surface area contributed by atoms with Crippen LogP contribution in [-0.2, 0) is 0 Å². The van der Waals surface area contributed by atoms with Crippen molar-refractivity contribution in [1.82, 2.24) is 4.98 Å². The summed E-state index contributed by atoms with van der Waals surface area (Å²) in [5.74, 6) is 0.727. The van der Waals surface area contributed by atoms with Gasteiger partial charge in [0.25, 0.3) is 11.6 Å². The fourth-order valence-electron chi connectivity index (χ4n) is 1.97. The summed E-state index contributed by atoms with van der Waals surface area (Å²) in [5, 5.41) is 12.1. The predicted molar refractivity (Wildman–Crippen MR) is 66.2 cm³/mol. The maximum absolute atomic E-state index is 11.0. The third-order valence-electron chi connectivity index (χ3n) is 2.71. The highest BCUT2D eigenvalue weighted by atomic mass is 16.6. The van der Waals surface area contributed by atoms with Gasteiger partial charge in [0.2, 0.25) is 0 Å². The minimum absolute atomic E-state index is 0.0125. The number of hydrogen-bond acceptors (Lipinski definition) is 5. The van der Waals surface area contributed by atoms with E-state index < -0.39 is 4.92 Å². The number of ether oxygens (including phenoxy) is 2. The van der Waals surface area contributed by atoms with Crippen LogP contribution in [0.5, 0.6) is 11.6 Å². The molecule has 0 aliphatic carbocycles. The van der Waals surface area contributed by atoms with E-state index in [1.54, 1.807) is 19.1 Å². The summed E-state index contributed by atoms with van der Waals surface area (Å²) in [5.41, 5.74) is 0.549. The van der Waals surface area contributed by atoms with Crippen LogP contribution in [0.2, 0.25) is 0 Å². The molecule has 6 heteroatoms. The fraction of sp³-hybridized carbons (Fsp3) is 0.250. The Labute approximate surface area is 103 Å². The molecule has 0 saturated carbocycles. The van der Waals surface area contributed by atoms with Gasteiger partial charge >= 0.3 is 0 Å². The standard InChI is InChI=1S/C12H12N2O4/c1-7-10-8(5-4-6-9(10)14(15)16)11(17-2)12(13-7)18-3/h4-6H,1-3H3. The Kier molecular flexibility index (Phi) is 3.01. The number of benzene rings is 1. The van der Waals surface area contributed by atoms with Gasteiger partial charge in [0.1, 0.15) is 0 Å². The molecule has 1 heterocycles. The minimum Gasteiger partial charge on any atom is -0.491 e. The Morgan fingerprint density at radius 3 is 2.56 bits per heavy atom. The molecular weight excluding hydrogens is 236 g/mol. The SMILES string of the molecule is COc1nc(C)c2c([N+](=O)[O-])cccc2c1OC. The van der Waals surface area contributed by atoms with Gasteiger partial charge in [0.05, 0.1) is 30.2 Å². The Bertz CT molecular complexity index is 625. The van der Waals surface area contributed by atoms with Gasteiger partial charge in [-0.15, -0.1) is 0 Å². The summed E-state index contributed by atoms with van der Waals surface area (Å²) in [6.45, 7) is 1.71. The van der Waals surface area contributed by atoms with Gasteiger partial charge < -0.3 is 9.47 Å². The Morgan fingerprint density at radius 2 is 2.00 bits per heavy atom. The number of nitro benzene ring substituents is 1. The lowest BCUT2D eigenvalue weighted by Crippen LogP contribution is -1.99. The van der Waals surface area contributed by atoms with Crippen molar-refractivity contribution in [3.8, 4) is 11.6 Å². The highest BCUT2D eigenvalue weighted by Gasteiger charge is 2.20. The first-order valence-corrected chi connectivity index (χ1v) is 5.25. The number of aromatic nitrogens is 1. The normalized spacial score (nSPS) is 10.4. The summed E-state index contributed by atoms with van der Waals surface area (Å²) in [6.07, 6.45) is 0.